The fourth-order valence-corrected chi connectivity index (χ4v) is 3.77. The summed E-state index contributed by atoms with van der Waals surface area (Å²) in [5, 5.41) is 0. The van der Waals surface area contributed by atoms with E-state index in [0.717, 1.165) is 26.1 Å². The minimum atomic E-state index is -0.148. The highest BCUT2D eigenvalue weighted by Crippen LogP contribution is 2.25. The Morgan fingerprint density at radius 3 is 2.52 bits per heavy atom. The number of rotatable bonds is 4. The van der Waals surface area contributed by atoms with Crippen LogP contribution in [0.4, 0.5) is 4.39 Å². The van der Waals surface area contributed by atoms with Crippen LogP contribution in [0.15, 0.2) is 48.1 Å². The summed E-state index contributed by atoms with van der Waals surface area (Å²) in [6, 6.07) is 7.12. The maximum atomic E-state index is 13.0. The van der Waals surface area contributed by atoms with Crippen molar-refractivity contribution >= 4 is 0 Å². The van der Waals surface area contributed by atoms with E-state index < -0.39 is 0 Å². The highest BCUT2D eigenvalue weighted by atomic mass is 19.1. The van der Waals surface area contributed by atoms with Crippen molar-refractivity contribution in [3.63, 3.8) is 0 Å². The first-order valence-electron chi connectivity index (χ1n) is 8.69. The van der Waals surface area contributed by atoms with Gasteiger partial charge in [0, 0.05) is 18.5 Å². The largest absolute Gasteiger partial charge is 0.324 e. The predicted molar refractivity (Wildman–Crippen MR) is 93.6 cm³/mol. The van der Waals surface area contributed by atoms with Crippen LogP contribution in [0, 0.1) is 17.7 Å². The highest BCUT2D eigenvalue weighted by Gasteiger charge is 2.25. The van der Waals surface area contributed by atoms with Gasteiger partial charge in [0.2, 0.25) is 0 Å². The summed E-state index contributed by atoms with van der Waals surface area (Å²) in [5.41, 5.74) is 8.89. The molecular formula is C20H27FN2. The third-order valence-electron chi connectivity index (χ3n) is 5.34. The van der Waals surface area contributed by atoms with Gasteiger partial charge in [-0.25, -0.2) is 4.39 Å². The molecule has 2 atom stereocenters. The van der Waals surface area contributed by atoms with Gasteiger partial charge in [-0.2, -0.15) is 0 Å². The van der Waals surface area contributed by atoms with E-state index in [1.807, 2.05) is 12.1 Å². The van der Waals surface area contributed by atoms with Gasteiger partial charge in [0.05, 0.1) is 0 Å². The summed E-state index contributed by atoms with van der Waals surface area (Å²) in [6.45, 7) is 5.55. The average molecular weight is 314 g/mol. The number of allylic oxidation sites excluding steroid dienone is 2. The van der Waals surface area contributed by atoms with Crippen LogP contribution in [-0.4, -0.2) is 30.6 Å². The van der Waals surface area contributed by atoms with E-state index in [1.54, 1.807) is 12.1 Å². The Balaban J connectivity index is 1.48. The van der Waals surface area contributed by atoms with Gasteiger partial charge in [0.25, 0.3) is 0 Å². The Morgan fingerprint density at radius 2 is 1.87 bits per heavy atom. The molecule has 0 aromatic heterocycles. The first-order chi connectivity index (χ1) is 11.1. The van der Waals surface area contributed by atoms with Crippen molar-refractivity contribution in [2.45, 2.75) is 32.2 Å². The van der Waals surface area contributed by atoms with Gasteiger partial charge < -0.3 is 10.6 Å². The summed E-state index contributed by atoms with van der Waals surface area (Å²) in [6.07, 6.45) is 9.88. The minimum absolute atomic E-state index is 0.148. The normalized spacial score (nSPS) is 26.3. The van der Waals surface area contributed by atoms with Gasteiger partial charge in [-0.05, 0) is 62.9 Å². The van der Waals surface area contributed by atoms with E-state index in [0.29, 0.717) is 11.8 Å². The molecule has 124 valence electrons. The van der Waals surface area contributed by atoms with Crippen LogP contribution >= 0.6 is 0 Å². The van der Waals surface area contributed by atoms with E-state index >= 15 is 0 Å². The molecule has 2 nitrogen and oxygen atoms in total. The molecule has 1 aromatic carbocycles. The number of hydrogen-bond acceptors (Lipinski definition) is 2. The molecule has 1 fully saturated rings. The molecular weight excluding hydrogens is 287 g/mol. The summed E-state index contributed by atoms with van der Waals surface area (Å²) < 4.78 is 13.0. The van der Waals surface area contributed by atoms with Crippen LogP contribution in [0.1, 0.15) is 25.3 Å². The molecule has 0 radical (unpaired) electrons. The Kier molecular flexibility index (Phi) is 5.29. The van der Waals surface area contributed by atoms with Crippen molar-refractivity contribution in [3.05, 3.63) is 59.4 Å². The molecule has 0 amide bonds. The minimum Gasteiger partial charge on any atom is -0.324 e. The maximum Gasteiger partial charge on any atom is 0.123 e. The summed E-state index contributed by atoms with van der Waals surface area (Å²) >= 11 is 0. The zero-order valence-electron chi connectivity index (χ0n) is 13.9. The Morgan fingerprint density at radius 1 is 1.17 bits per heavy atom. The van der Waals surface area contributed by atoms with Crippen molar-refractivity contribution in [2.24, 2.45) is 17.6 Å². The van der Waals surface area contributed by atoms with Crippen molar-refractivity contribution in [3.8, 4) is 0 Å². The number of halogens is 1. The van der Waals surface area contributed by atoms with Crippen LogP contribution in [0.5, 0.6) is 0 Å². The lowest BCUT2D eigenvalue weighted by molar-refractivity contribution is 0.164. The quantitative estimate of drug-likeness (QED) is 0.921. The van der Waals surface area contributed by atoms with Crippen molar-refractivity contribution < 1.29 is 4.39 Å². The van der Waals surface area contributed by atoms with Crippen molar-refractivity contribution in [2.75, 3.05) is 19.6 Å². The Labute approximate surface area is 138 Å². The van der Waals surface area contributed by atoms with Gasteiger partial charge in [-0.3, -0.25) is 0 Å². The molecule has 2 aliphatic rings. The molecule has 2 N–H and O–H groups in total. The second-order valence-corrected chi connectivity index (χ2v) is 7.05. The smallest absolute Gasteiger partial charge is 0.123 e. The summed E-state index contributed by atoms with van der Waals surface area (Å²) in [5.74, 6) is 1.02. The van der Waals surface area contributed by atoms with Gasteiger partial charge in [-0.15, -0.1) is 0 Å². The molecule has 3 rings (SSSR count). The van der Waals surface area contributed by atoms with Gasteiger partial charge in [0.1, 0.15) is 5.82 Å². The molecule has 3 heteroatoms. The molecule has 0 spiro atoms. The zero-order chi connectivity index (χ0) is 16.2. The topological polar surface area (TPSA) is 29.3 Å². The zero-order valence-corrected chi connectivity index (χ0v) is 13.9. The van der Waals surface area contributed by atoms with E-state index in [2.05, 4.69) is 30.1 Å². The Bertz CT molecular complexity index is 568. The van der Waals surface area contributed by atoms with Gasteiger partial charge in [-0.1, -0.05) is 35.9 Å². The van der Waals surface area contributed by atoms with E-state index in [4.69, 9.17) is 5.73 Å². The maximum absolute atomic E-state index is 13.0. The Hall–Kier alpha value is -1.45. The second kappa shape index (κ2) is 7.41. The number of nitrogens with zero attached hydrogens (tertiary/aromatic N) is 1. The van der Waals surface area contributed by atoms with Crippen LogP contribution < -0.4 is 5.73 Å². The molecule has 1 aliphatic heterocycles. The number of likely N-dealkylation sites (tertiary alicyclic amines) is 1. The standard InChI is InChI=1S/C20H27FN2/c1-15-3-2-4-20(22)19(15)14-23-11-9-17(10-12-23)13-16-5-7-18(21)8-6-16/h2-8,17,19-20H,9-14,22H2,1H3. The lowest BCUT2D eigenvalue weighted by Crippen LogP contribution is -2.43. The fourth-order valence-electron chi connectivity index (χ4n) is 3.77. The number of benzene rings is 1. The van der Waals surface area contributed by atoms with E-state index in [1.165, 1.54) is 24.0 Å². The number of hydrogen-bond donors (Lipinski definition) is 1. The molecule has 1 saturated heterocycles. The van der Waals surface area contributed by atoms with Crippen molar-refractivity contribution in [1.29, 1.82) is 0 Å². The molecule has 1 heterocycles. The van der Waals surface area contributed by atoms with Crippen molar-refractivity contribution in [1.82, 2.24) is 4.90 Å². The predicted octanol–water partition coefficient (Wildman–Crippen LogP) is 3.54. The van der Waals surface area contributed by atoms with Crippen LogP contribution in [0.2, 0.25) is 0 Å². The van der Waals surface area contributed by atoms with Crippen LogP contribution in [0.3, 0.4) is 0 Å². The molecule has 1 aromatic rings. The first-order valence-corrected chi connectivity index (χ1v) is 8.69. The summed E-state index contributed by atoms with van der Waals surface area (Å²) in [4.78, 5) is 2.56. The fraction of sp³-hybridized carbons (Fsp3) is 0.500. The van der Waals surface area contributed by atoms with Crippen LogP contribution in [0.25, 0.3) is 0 Å². The van der Waals surface area contributed by atoms with Gasteiger partial charge in [0.15, 0.2) is 0 Å². The summed E-state index contributed by atoms with van der Waals surface area (Å²) in [7, 11) is 0. The number of piperidine rings is 1. The SMILES string of the molecule is CC1=CC=CC(N)C1CN1CCC(Cc2ccc(F)cc2)CC1. The average Bonchev–Trinajstić information content (AvgIpc) is 2.55. The first kappa shape index (κ1) is 16.4. The van der Waals surface area contributed by atoms with E-state index in [-0.39, 0.29) is 11.9 Å². The molecule has 2 unspecified atom stereocenters. The monoisotopic (exact) mass is 314 g/mol. The second-order valence-electron chi connectivity index (χ2n) is 7.05. The van der Waals surface area contributed by atoms with E-state index in [9.17, 15) is 4.39 Å². The van der Waals surface area contributed by atoms with Crippen LogP contribution in [-0.2, 0) is 6.42 Å². The van der Waals surface area contributed by atoms with Gasteiger partial charge >= 0.3 is 0 Å². The third kappa shape index (κ3) is 4.30. The highest BCUT2D eigenvalue weighted by molar-refractivity contribution is 5.24. The molecule has 23 heavy (non-hydrogen) atoms. The third-order valence-corrected chi connectivity index (χ3v) is 5.34. The number of nitrogens with two attached hydrogens (primary N) is 1. The molecule has 0 bridgehead atoms. The molecule has 0 saturated carbocycles. The lowest BCUT2D eigenvalue weighted by Gasteiger charge is -2.36. The lowest BCUT2D eigenvalue weighted by atomic mass is 9.86. The molecule has 1 aliphatic carbocycles.